The maximum Gasteiger partial charge on any atom is 0.338 e. The van der Waals surface area contributed by atoms with Gasteiger partial charge in [-0.05, 0) is 63.4 Å². The molecule has 0 unspecified atom stereocenters. The quantitative estimate of drug-likeness (QED) is 0.848. The Bertz CT molecular complexity index is 540. The van der Waals surface area contributed by atoms with Gasteiger partial charge in [-0.3, -0.25) is 9.69 Å². The first-order valence-corrected chi connectivity index (χ1v) is 8.27. The Balaban J connectivity index is 1.85. The van der Waals surface area contributed by atoms with Gasteiger partial charge >= 0.3 is 5.97 Å². The summed E-state index contributed by atoms with van der Waals surface area (Å²) in [6.07, 6.45) is 2.25. The molecule has 1 aliphatic heterocycles. The number of amides is 1. The third kappa shape index (κ3) is 5.67. The zero-order chi connectivity index (χ0) is 16.8. The predicted octanol–water partition coefficient (Wildman–Crippen LogP) is 2.92. The number of carbonyl (C=O) groups is 2. The standard InChI is InChI=1S/C18H26N2O3/c1-13(2)23-18(22)15-6-8-16(9-7-15)19-17(21)12-20-10-4-5-14(3)11-20/h6-9,13-14H,4-5,10-12H2,1-3H3,(H,19,21)/t14-/m1/s1. The highest BCUT2D eigenvalue weighted by molar-refractivity contribution is 5.94. The average Bonchev–Trinajstić information content (AvgIpc) is 2.47. The predicted molar refractivity (Wildman–Crippen MR) is 90.5 cm³/mol. The molecule has 126 valence electrons. The second-order valence-electron chi connectivity index (χ2n) is 6.56. The smallest absolute Gasteiger partial charge is 0.338 e. The molecule has 1 heterocycles. The van der Waals surface area contributed by atoms with Crippen LogP contribution in [0.4, 0.5) is 5.69 Å². The summed E-state index contributed by atoms with van der Waals surface area (Å²) in [7, 11) is 0. The molecule has 5 heteroatoms. The van der Waals surface area contributed by atoms with E-state index in [2.05, 4.69) is 17.1 Å². The number of rotatable bonds is 5. The fraction of sp³-hybridized carbons (Fsp3) is 0.556. The molecule has 0 radical (unpaired) electrons. The number of nitrogens with zero attached hydrogens (tertiary/aromatic N) is 1. The number of carbonyl (C=O) groups excluding carboxylic acids is 2. The number of nitrogens with one attached hydrogen (secondary N) is 1. The number of anilines is 1. The van der Waals surface area contributed by atoms with E-state index in [9.17, 15) is 9.59 Å². The van der Waals surface area contributed by atoms with E-state index in [0.717, 1.165) is 19.5 Å². The van der Waals surface area contributed by atoms with E-state index in [0.29, 0.717) is 23.7 Å². The fourth-order valence-corrected chi connectivity index (χ4v) is 2.81. The number of piperidine rings is 1. The van der Waals surface area contributed by atoms with E-state index in [1.807, 2.05) is 13.8 Å². The Kier molecular flexibility index (Phi) is 6.16. The van der Waals surface area contributed by atoms with E-state index in [4.69, 9.17) is 4.74 Å². The molecule has 0 aromatic heterocycles. The number of esters is 1. The van der Waals surface area contributed by atoms with Crippen LogP contribution in [-0.2, 0) is 9.53 Å². The van der Waals surface area contributed by atoms with Crippen LogP contribution in [0.3, 0.4) is 0 Å². The fourth-order valence-electron chi connectivity index (χ4n) is 2.81. The highest BCUT2D eigenvalue weighted by Crippen LogP contribution is 2.16. The van der Waals surface area contributed by atoms with Crippen molar-refractivity contribution in [1.82, 2.24) is 4.90 Å². The summed E-state index contributed by atoms with van der Waals surface area (Å²) in [6, 6.07) is 6.80. The lowest BCUT2D eigenvalue weighted by atomic mass is 10.0. The maximum absolute atomic E-state index is 12.1. The minimum absolute atomic E-state index is 0.0170. The molecule has 0 saturated carbocycles. The SMILES string of the molecule is CC(C)OC(=O)c1ccc(NC(=O)CN2CCC[C@@H](C)C2)cc1. The molecular weight excluding hydrogens is 292 g/mol. The van der Waals surface area contributed by atoms with Crippen LogP contribution in [0.25, 0.3) is 0 Å². The van der Waals surface area contributed by atoms with Gasteiger partial charge in [0.2, 0.25) is 5.91 Å². The van der Waals surface area contributed by atoms with E-state index in [1.54, 1.807) is 24.3 Å². The molecule has 1 amide bonds. The van der Waals surface area contributed by atoms with Crippen molar-refractivity contribution in [2.75, 3.05) is 25.0 Å². The third-order valence-corrected chi connectivity index (χ3v) is 3.86. The molecule has 1 aliphatic rings. The lowest BCUT2D eigenvalue weighted by Gasteiger charge is -2.30. The van der Waals surface area contributed by atoms with Crippen LogP contribution in [0.15, 0.2) is 24.3 Å². The van der Waals surface area contributed by atoms with Crippen molar-refractivity contribution in [2.24, 2.45) is 5.92 Å². The molecule has 0 bridgehead atoms. The number of hydrogen-bond acceptors (Lipinski definition) is 4. The van der Waals surface area contributed by atoms with Gasteiger partial charge in [0.05, 0.1) is 18.2 Å². The van der Waals surface area contributed by atoms with Crippen molar-refractivity contribution in [3.05, 3.63) is 29.8 Å². The summed E-state index contributed by atoms with van der Waals surface area (Å²) in [5.74, 6) is 0.291. The summed E-state index contributed by atoms with van der Waals surface area (Å²) in [5.41, 5.74) is 1.18. The minimum atomic E-state index is -0.347. The van der Waals surface area contributed by atoms with Gasteiger partial charge < -0.3 is 10.1 Å². The second-order valence-corrected chi connectivity index (χ2v) is 6.56. The third-order valence-electron chi connectivity index (χ3n) is 3.86. The molecule has 23 heavy (non-hydrogen) atoms. The van der Waals surface area contributed by atoms with Crippen LogP contribution >= 0.6 is 0 Å². The topological polar surface area (TPSA) is 58.6 Å². The van der Waals surface area contributed by atoms with E-state index < -0.39 is 0 Å². The second kappa shape index (κ2) is 8.11. The first kappa shape index (κ1) is 17.5. The molecule has 5 nitrogen and oxygen atoms in total. The molecule has 1 saturated heterocycles. The largest absolute Gasteiger partial charge is 0.459 e. The minimum Gasteiger partial charge on any atom is -0.459 e. The van der Waals surface area contributed by atoms with Gasteiger partial charge in [0.15, 0.2) is 0 Å². The molecule has 1 aromatic carbocycles. The van der Waals surface area contributed by atoms with Crippen molar-refractivity contribution in [3.8, 4) is 0 Å². The Morgan fingerprint density at radius 1 is 1.30 bits per heavy atom. The Morgan fingerprint density at radius 3 is 2.61 bits per heavy atom. The van der Waals surface area contributed by atoms with E-state index >= 15 is 0 Å². The summed E-state index contributed by atoms with van der Waals surface area (Å²) in [6.45, 7) is 8.23. The van der Waals surface area contributed by atoms with Crippen LogP contribution in [0.1, 0.15) is 44.0 Å². The summed E-state index contributed by atoms with van der Waals surface area (Å²) in [5, 5.41) is 2.88. The molecule has 0 spiro atoms. The van der Waals surface area contributed by atoms with Gasteiger partial charge in [-0.1, -0.05) is 6.92 Å². The lowest BCUT2D eigenvalue weighted by molar-refractivity contribution is -0.117. The van der Waals surface area contributed by atoms with Crippen molar-refractivity contribution >= 4 is 17.6 Å². The first-order chi connectivity index (χ1) is 10.9. The maximum atomic E-state index is 12.1. The molecule has 1 aromatic rings. The van der Waals surface area contributed by atoms with E-state index in [-0.39, 0.29) is 18.0 Å². The number of ether oxygens (including phenoxy) is 1. The molecule has 1 fully saturated rings. The van der Waals surface area contributed by atoms with Crippen LogP contribution in [-0.4, -0.2) is 42.5 Å². The van der Waals surface area contributed by atoms with Gasteiger partial charge in [-0.2, -0.15) is 0 Å². The van der Waals surface area contributed by atoms with Gasteiger partial charge in [-0.25, -0.2) is 4.79 Å². The number of likely N-dealkylation sites (tertiary alicyclic amines) is 1. The normalized spacial score (nSPS) is 18.7. The monoisotopic (exact) mass is 318 g/mol. The van der Waals surface area contributed by atoms with Crippen molar-refractivity contribution < 1.29 is 14.3 Å². The van der Waals surface area contributed by atoms with Crippen molar-refractivity contribution in [2.45, 2.75) is 39.7 Å². The number of hydrogen-bond donors (Lipinski definition) is 1. The summed E-state index contributed by atoms with van der Waals surface area (Å²) < 4.78 is 5.13. The highest BCUT2D eigenvalue weighted by atomic mass is 16.5. The molecule has 1 atom stereocenters. The van der Waals surface area contributed by atoms with Crippen molar-refractivity contribution in [3.63, 3.8) is 0 Å². The summed E-state index contributed by atoms with van der Waals surface area (Å²) >= 11 is 0. The number of benzene rings is 1. The van der Waals surface area contributed by atoms with E-state index in [1.165, 1.54) is 6.42 Å². The Hall–Kier alpha value is -1.88. The average molecular weight is 318 g/mol. The first-order valence-electron chi connectivity index (χ1n) is 8.27. The van der Waals surface area contributed by atoms with Gasteiger partial charge in [0.25, 0.3) is 0 Å². The Labute approximate surface area is 138 Å². The molecular formula is C18H26N2O3. The molecule has 1 N–H and O–H groups in total. The molecule has 0 aliphatic carbocycles. The summed E-state index contributed by atoms with van der Waals surface area (Å²) in [4.78, 5) is 26.1. The lowest BCUT2D eigenvalue weighted by Crippen LogP contribution is -2.39. The van der Waals surface area contributed by atoms with Crippen LogP contribution in [0.5, 0.6) is 0 Å². The van der Waals surface area contributed by atoms with Gasteiger partial charge in [0, 0.05) is 12.2 Å². The zero-order valence-electron chi connectivity index (χ0n) is 14.2. The van der Waals surface area contributed by atoms with Crippen LogP contribution in [0.2, 0.25) is 0 Å². The van der Waals surface area contributed by atoms with Gasteiger partial charge in [0.1, 0.15) is 0 Å². The van der Waals surface area contributed by atoms with Gasteiger partial charge in [-0.15, -0.1) is 0 Å². The zero-order valence-corrected chi connectivity index (χ0v) is 14.2. The molecule has 2 rings (SSSR count). The van der Waals surface area contributed by atoms with Crippen LogP contribution in [0, 0.1) is 5.92 Å². The highest BCUT2D eigenvalue weighted by Gasteiger charge is 2.18. The van der Waals surface area contributed by atoms with Crippen LogP contribution < -0.4 is 5.32 Å². The Morgan fingerprint density at radius 2 is 2.00 bits per heavy atom. The van der Waals surface area contributed by atoms with Crippen molar-refractivity contribution in [1.29, 1.82) is 0 Å².